The summed E-state index contributed by atoms with van der Waals surface area (Å²) in [6.07, 6.45) is 3.40. The van der Waals surface area contributed by atoms with Crippen LogP contribution in [0.15, 0.2) is 53.0 Å². The van der Waals surface area contributed by atoms with Crippen molar-refractivity contribution in [2.75, 3.05) is 23.3 Å². The summed E-state index contributed by atoms with van der Waals surface area (Å²) in [6, 6.07) is 14.6. The van der Waals surface area contributed by atoms with Crippen molar-refractivity contribution in [1.82, 2.24) is 10.2 Å². The first-order valence-electron chi connectivity index (χ1n) is 9.83. The maximum Gasteiger partial charge on any atom is 0.273 e. The highest BCUT2D eigenvalue weighted by molar-refractivity contribution is 9.10. The molecule has 30 heavy (non-hydrogen) atoms. The maximum atomic E-state index is 12.9. The molecule has 1 saturated heterocycles. The van der Waals surface area contributed by atoms with Crippen LogP contribution in [0.3, 0.4) is 0 Å². The van der Waals surface area contributed by atoms with Crippen LogP contribution in [0, 0.1) is 0 Å². The second-order valence-electron chi connectivity index (χ2n) is 7.27. The molecule has 0 unspecified atom stereocenters. The fourth-order valence-corrected chi connectivity index (χ4v) is 3.86. The van der Waals surface area contributed by atoms with E-state index in [-0.39, 0.29) is 5.91 Å². The van der Waals surface area contributed by atoms with Gasteiger partial charge in [-0.3, -0.25) is 14.7 Å². The number of aromatic amines is 1. The van der Waals surface area contributed by atoms with Crippen molar-refractivity contribution in [2.45, 2.75) is 19.3 Å². The Morgan fingerprint density at radius 3 is 2.47 bits per heavy atom. The molecule has 0 aliphatic carbocycles. The van der Waals surface area contributed by atoms with E-state index in [9.17, 15) is 9.59 Å². The number of aromatic nitrogens is 2. The van der Waals surface area contributed by atoms with Gasteiger partial charge in [-0.25, -0.2) is 0 Å². The second-order valence-corrected chi connectivity index (χ2v) is 8.19. The van der Waals surface area contributed by atoms with Crippen molar-refractivity contribution < 1.29 is 9.59 Å². The summed E-state index contributed by atoms with van der Waals surface area (Å²) in [5.74, 6) is -0.861. The number of anilines is 2. The van der Waals surface area contributed by atoms with Crippen molar-refractivity contribution in [2.24, 2.45) is 5.73 Å². The quantitative estimate of drug-likeness (QED) is 0.523. The maximum absolute atomic E-state index is 12.9. The lowest BCUT2D eigenvalue weighted by atomic mass is 10.1. The summed E-state index contributed by atoms with van der Waals surface area (Å²) >= 11 is 3.41. The standard InChI is InChI=1S/C22H22BrN5O2/c23-16-7-4-14(5-8-16)17-13-19(27-26-17)22(30)25-18-12-15(21(24)29)6-9-20(18)28-10-2-1-3-11-28/h4-9,12-13H,1-3,10-11H2,(H2,24,29)(H,25,30)(H,26,27). The van der Waals surface area contributed by atoms with E-state index in [1.807, 2.05) is 30.3 Å². The zero-order valence-electron chi connectivity index (χ0n) is 16.3. The minimum absolute atomic E-state index is 0.328. The van der Waals surface area contributed by atoms with Crippen LogP contribution in [0.2, 0.25) is 0 Å². The molecule has 154 valence electrons. The molecule has 1 fully saturated rings. The molecule has 0 saturated carbocycles. The highest BCUT2D eigenvalue weighted by atomic mass is 79.9. The van der Waals surface area contributed by atoms with E-state index < -0.39 is 5.91 Å². The number of halogens is 1. The summed E-state index contributed by atoms with van der Waals surface area (Å²) < 4.78 is 0.972. The third-order valence-corrected chi connectivity index (χ3v) is 5.72. The van der Waals surface area contributed by atoms with Gasteiger partial charge >= 0.3 is 0 Å². The fourth-order valence-electron chi connectivity index (χ4n) is 3.60. The largest absolute Gasteiger partial charge is 0.370 e. The summed E-state index contributed by atoms with van der Waals surface area (Å²) in [5, 5.41) is 9.97. The number of rotatable bonds is 5. The Balaban J connectivity index is 1.59. The summed E-state index contributed by atoms with van der Waals surface area (Å²) in [5.41, 5.74) is 9.17. The van der Waals surface area contributed by atoms with Gasteiger partial charge in [0, 0.05) is 28.7 Å². The first kappa shape index (κ1) is 20.2. The SMILES string of the molecule is NC(=O)c1ccc(N2CCCCC2)c(NC(=O)c2cc(-c3ccc(Br)cc3)n[nH]2)c1. The van der Waals surface area contributed by atoms with Crippen LogP contribution in [-0.2, 0) is 0 Å². The summed E-state index contributed by atoms with van der Waals surface area (Å²) in [7, 11) is 0. The molecule has 0 atom stereocenters. The fraction of sp³-hybridized carbons (Fsp3) is 0.227. The van der Waals surface area contributed by atoms with Crippen LogP contribution in [-0.4, -0.2) is 35.1 Å². The topological polar surface area (TPSA) is 104 Å². The van der Waals surface area contributed by atoms with Gasteiger partial charge < -0.3 is 16.0 Å². The van der Waals surface area contributed by atoms with E-state index in [0.29, 0.717) is 22.6 Å². The zero-order valence-corrected chi connectivity index (χ0v) is 17.9. The Bertz CT molecular complexity index is 1070. The normalized spacial score (nSPS) is 13.8. The molecule has 2 heterocycles. The number of carbonyl (C=O) groups excluding carboxylic acids is 2. The number of carbonyl (C=O) groups is 2. The molecule has 7 nitrogen and oxygen atoms in total. The first-order valence-corrected chi connectivity index (χ1v) is 10.6. The third-order valence-electron chi connectivity index (χ3n) is 5.19. The van der Waals surface area contributed by atoms with Gasteiger partial charge in [0.15, 0.2) is 0 Å². The van der Waals surface area contributed by atoms with Crippen molar-refractivity contribution in [3.05, 3.63) is 64.3 Å². The monoisotopic (exact) mass is 467 g/mol. The molecule has 8 heteroatoms. The van der Waals surface area contributed by atoms with Crippen molar-refractivity contribution in [3.8, 4) is 11.3 Å². The average Bonchev–Trinajstić information content (AvgIpc) is 3.25. The van der Waals surface area contributed by atoms with Crippen molar-refractivity contribution in [1.29, 1.82) is 0 Å². The number of hydrogen-bond donors (Lipinski definition) is 3. The van der Waals surface area contributed by atoms with E-state index in [4.69, 9.17) is 5.73 Å². The Kier molecular flexibility index (Phi) is 5.85. The molecular formula is C22H22BrN5O2. The molecular weight excluding hydrogens is 446 g/mol. The lowest BCUT2D eigenvalue weighted by Crippen LogP contribution is -2.30. The number of piperidine rings is 1. The van der Waals surface area contributed by atoms with Gasteiger partial charge in [0.2, 0.25) is 5.91 Å². The lowest BCUT2D eigenvalue weighted by Gasteiger charge is -2.30. The zero-order chi connectivity index (χ0) is 21.1. The number of hydrogen-bond acceptors (Lipinski definition) is 4. The van der Waals surface area contributed by atoms with Gasteiger partial charge in [-0.15, -0.1) is 0 Å². The van der Waals surface area contributed by atoms with Gasteiger partial charge in [0.1, 0.15) is 5.69 Å². The number of nitrogens with zero attached hydrogens (tertiary/aromatic N) is 2. The van der Waals surface area contributed by atoms with E-state index in [1.54, 1.807) is 18.2 Å². The molecule has 0 bridgehead atoms. The van der Waals surface area contributed by atoms with E-state index in [2.05, 4.69) is 36.3 Å². The van der Waals surface area contributed by atoms with Crippen LogP contribution in [0.4, 0.5) is 11.4 Å². The number of H-pyrrole nitrogens is 1. The molecule has 4 N–H and O–H groups in total. The molecule has 1 aliphatic heterocycles. The minimum atomic E-state index is -0.533. The molecule has 2 aromatic carbocycles. The van der Waals surface area contributed by atoms with Crippen molar-refractivity contribution >= 4 is 39.1 Å². The van der Waals surface area contributed by atoms with Gasteiger partial charge in [-0.2, -0.15) is 5.10 Å². The van der Waals surface area contributed by atoms with Gasteiger partial charge in [-0.1, -0.05) is 28.1 Å². The number of primary amides is 1. The van der Waals surface area contributed by atoms with E-state index in [1.165, 1.54) is 6.42 Å². The molecule has 3 aromatic rings. The van der Waals surface area contributed by atoms with Crippen molar-refractivity contribution in [3.63, 3.8) is 0 Å². The Hall–Kier alpha value is -3.13. The predicted octanol–water partition coefficient (Wildman–Crippen LogP) is 4.18. The number of nitrogens with two attached hydrogens (primary N) is 1. The minimum Gasteiger partial charge on any atom is -0.370 e. The van der Waals surface area contributed by atoms with Gasteiger partial charge in [-0.05, 0) is 55.7 Å². The molecule has 2 amide bonds. The third kappa shape index (κ3) is 4.38. The molecule has 1 aliphatic rings. The average molecular weight is 468 g/mol. The van der Waals surface area contributed by atoms with E-state index >= 15 is 0 Å². The molecule has 4 rings (SSSR count). The number of nitrogens with one attached hydrogen (secondary N) is 2. The summed E-state index contributed by atoms with van der Waals surface area (Å²) in [6.45, 7) is 1.83. The van der Waals surface area contributed by atoms with Crippen LogP contribution >= 0.6 is 15.9 Å². The predicted molar refractivity (Wildman–Crippen MR) is 121 cm³/mol. The highest BCUT2D eigenvalue weighted by Crippen LogP contribution is 2.30. The Morgan fingerprint density at radius 1 is 1.03 bits per heavy atom. The number of benzene rings is 2. The highest BCUT2D eigenvalue weighted by Gasteiger charge is 2.19. The number of amides is 2. The van der Waals surface area contributed by atoms with E-state index in [0.717, 1.165) is 41.7 Å². The molecule has 0 radical (unpaired) electrons. The Labute approximate surface area is 182 Å². The molecule has 1 aromatic heterocycles. The smallest absolute Gasteiger partial charge is 0.273 e. The lowest BCUT2D eigenvalue weighted by molar-refractivity contribution is 0.0995. The Morgan fingerprint density at radius 2 is 1.77 bits per heavy atom. The van der Waals surface area contributed by atoms with Crippen LogP contribution < -0.4 is 16.0 Å². The van der Waals surface area contributed by atoms with Crippen LogP contribution in [0.25, 0.3) is 11.3 Å². The second kappa shape index (κ2) is 8.71. The van der Waals surface area contributed by atoms with Gasteiger partial charge in [0.05, 0.1) is 17.1 Å². The first-order chi connectivity index (χ1) is 14.5. The van der Waals surface area contributed by atoms with Gasteiger partial charge in [0.25, 0.3) is 5.91 Å². The summed E-state index contributed by atoms with van der Waals surface area (Å²) in [4.78, 5) is 26.8. The molecule has 0 spiro atoms. The van der Waals surface area contributed by atoms with Crippen LogP contribution in [0.5, 0.6) is 0 Å². The van der Waals surface area contributed by atoms with Crippen LogP contribution in [0.1, 0.15) is 40.1 Å².